The zero-order chi connectivity index (χ0) is 28.5. The van der Waals surface area contributed by atoms with Crippen LogP contribution >= 0.6 is 23.4 Å². The Balaban J connectivity index is 1.76. The predicted molar refractivity (Wildman–Crippen MR) is 151 cm³/mol. The van der Waals surface area contributed by atoms with E-state index in [0.717, 1.165) is 22.2 Å². The van der Waals surface area contributed by atoms with E-state index in [2.05, 4.69) is 11.9 Å². The summed E-state index contributed by atoms with van der Waals surface area (Å²) in [5.41, 5.74) is 1.81. The summed E-state index contributed by atoms with van der Waals surface area (Å²) in [6, 6.07) is 7.89. The molecule has 0 spiro atoms. The fourth-order valence-electron chi connectivity index (χ4n) is 3.73. The highest BCUT2D eigenvalue weighted by atomic mass is 35.5. The van der Waals surface area contributed by atoms with Gasteiger partial charge in [-0.15, -0.1) is 6.58 Å². The Kier molecular flexibility index (Phi) is 10.6. The number of methoxy groups -OCH3 is 1. The highest BCUT2D eigenvalue weighted by Gasteiger charge is 2.36. The molecule has 3 amide bonds. The molecular weight excluding hydrogens is 544 g/mol. The number of benzene rings is 2. The van der Waals surface area contributed by atoms with E-state index in [1.807, 2.05) is 19.9 Å². The van der Waals surface area contributed by atoms with Crippen molar-refractivity contribution in [3.63, 3.8) is 0 Å². The lowest BCUT2D eigenvalue weighted by atomic mass is 10.0. The molecule has 2 aromatic carbocycles. The van der Waals surface area contributed by atoms with Crippen LogP contribution in [0, 0.1) is 0 Å². The monoisotopic (exact) mass is 572 g/mol. The second-order valence-electron chi connectivity index (χ2n) is 8.28. The fourth-order valence-corrected chi connectivity index (χ4v) is 4.77. The Morgan fingerprint density at radius 2 is 1.95 bits per heavy atom. The van der Waals surface area contributed by atoms with Gasteiger partial charge in [-0.3, -0.25) is 19.3 Å². The molecule has 0 saturated carbocycles. The van der Waals surface area contributed by atoms with E-state index in [4.69, 9.17) is 25.8 Å². The lowest BCUT2D eigenvalue weighted by Crippen LogP contribution is -2.36. The summed E-state index contributed by atoms with van der Waals surface area (Å²) < 4.78 is 16.3. The maximum Gasteiger partial charge on any atom is 0.339 e. The second-order valence-corrected chi connectivity index (χ2v) is 9.68. The van der Waals surface area contributed by atoms with E-state index in [1.54, 1.807) is 25.3 Å². The molecule has 9 nitrogen and oxygen atoms in total. The minimum absolute atomic E-state index is 0.0961. The third kappa shape index (κ3) is 7.42. The lowest BCUT2D eigenvalue weighted by Gasteiger charge is -2.15. The van der Waals surface area contributed by atoms with E-state index < -0.39 is 29.6 Å². The molecule has 1 aliphatic heterocycles. The van der Waals surface area contributed by atoms with Crippen LogP contribution in [0.25, 0.3) is 6.08 Å². The molecular formula is C28H29ClN2O7S. The topological polar surface area (TPSA) is 111 Å². The van der Waals surface area contributed by atoms with E-state index >= 15 is 0 Å². The van der Waals surface area contributed by atoms with Gasteiger partial charge in [-0.1, -0.05) is 24.6 Å². The first kappa shape index (κ1) is 29.8. The molecule has 2 aromatic rings. The van der Waals surface area contributed by atoms with E-state index in [-0.39, 0.29) is 27.8 Å². The lowest BCUT2D eigenvalue weighted by molar-refractivity contribution is -0.127. The van der Waals surface area contributed by atoms with Gasteiger partial charge in [-0.05, 0) is 73.5 Å². The maximum absolute atomic E-state index is 13.0. The van der Waals surface area contributed by atoms with Crippen molar-refractivity contribution in [3.05, 3.63) is 69.6 Å². The van der Waals surface area contributed by atoms with Gasteiger partial charge in [0.25, 0.3) is 11.1 Å². The number of thioether (sulfide) groups is 1. The predicted octanol–water partition coefficient (Wildman–Crippen LogP) is 5.72. The van der Waals surface area contributed by atoms with Crippen LogP contribution in [0.5, 0.6) is 11.5 Å². The van der Waals surface area contributed by atoms with Crippen molar-refractivity contribution in [2.24, 2.45) is 0 Å². The molecule has 39 heavy (non-hydrogen) atoms. The van der Waals surface area contributed by atoms with Crippen LogP contribution in [0.15, 0.2) is 47.9 Å². The molecule has 0 aromatic heterocycles. The minimum Gasteiger partial charge on any atom is -0.493 e. The number of esters is 1. The Labute approximate surface area is 236 Å². The van der Waals surface area contributed by atoms with Gasteiger partial charge in [0.2, 0.25) is 5.91 Å². The van der Waals surface area contributed by atoms with Crippen molar-refractivity contribution < 1.29 is 33.4 Å². The normalized spacial score (nSPS) is 13.9. The fraction of sp³-hybridized carbons (Fsp3) is 0.286. The van der Waals surface area contributed by atoms with E-state index in [1.165, 1.54) is 18.2 Å². The first-order valence-corrected chi connectivity index (χ1v) is 13.4. The number of hydrogen-bond donors (Lipinski definition) is 1. The van der Waals surface area contributed by atoms with Crippen LogP contribution in [0.3, 0.4) is 0 Å². The number of amides is 3. The summed E-state index contributed by atoms with van der Waals surface area (Å²) in [5.74, 6) is -0.756. The Hall–Kier alpha value is -3.76. The van der Waals surface area contributed by atoms with Gasteiger partial charge >= 0.3 is 5.97 Å². The number of nitrogens with one attached hydrogen (secondary N) is 1. The van der Waals surface area contributed by atoms with Gasteiger partial charge in [0.15, 0.2) is 11.5 Å². The number of carbonyl (C=O) groups excluding carboxylic acids is 4. The third-order valence-corrected chi connectivity index (χ3v) is 6.64. The van der Waals surface area contributed by atoms with Gasteiger partial charge in [0, 0.05) is 11.3 Å². The molecule has 1 saturated heterocycles. The number of imide groups is 1. The summed E-state index contributed by atoms with van der Waals surface area (Å²) in [4.78, 5) is 51.6. The maximum atomic E-state index is 13.0. The van der Waals surface area contributed by atoms with Crippen molar-refractivity contribution in [2.45, 2.75) is 26.7 Å². The molecule has 0 aliphatic carbocycles. The van der Waals surface area contributed by atoms with Gasteiger partial charge in [0.05, 0.1) is 35.8 Å². The molecule has 0 unspecified atom stereocenters. The zero-order valence-electron chi connectivity index (χ0n) is 21.9. The van der Waals surface area contributed by atoms with Crippen molar-refractivity contribution in [3.8, 4) is 11.5 Å². The van der Waals surface area contributed by atoms with Gasteiger partial charge in [0.1, 0.15) is 6.54 Å². The number of hydrogen-bond acceptors (Lipinski definition) is 8. The van der Waals surface area contributed by atoms with Crippen molar-refractivity contribution in [1.82, 2.24) is 4.90 Å². The number of anilines is 1. The number of carbonyl (C=O) groups is 4. The summed E-state index contributed by atoms with van der Waals surface area (Å²) in [6.07, 6.45) is 4.45. The van der Waals surface area contributed by atoms with Crippen LogP contribution < -0.4 is 14.8 Å². The summed E-state index contributed by atoms with van der Waals surface area (Å²) >= 11 is 6.83. The van der Waals surface area contributed by atoms with Crippen LogP contribution in [0.4, 0.5) is 10.5 Å². The van der Waals surface area contributed by atoms with Gasteiger partial charge < -0.3 is 19.5 Å². The van der Waals surface area contributed by atoms with E-state index in [9.17, 15) is 19.2 Å². The van der Waals surface area contributed by atoms with Crippen LogP contribution in [-0.4, -0.2) is 54.8 Å². The molecule has 1 heterocycles. The molecule has 1 N–H and O–H groups in total. The summed E-state index contributed by atoms with van der Waals surface area (Å²) in [5, 5.41) is 2.18. The molecule has 0 bridgehead atoms. The smallest absolute Gasteiger partial charge is 0.339 e. The van der Waals surface area contributed by atoms with Crippen molar-refractivity contribution >= 4 is 58.1 Å². The van der Waals surface area contributed by atoms with Crippen molar-refractivity contribution in [1.29, 1.82) is 0 Å². The molecule has 11 heteroatoms. The first-order valence-electron chi connectivity index (χ1n) is 12.2. The Morgan fingerprint density at radius 1 is 1.18 bits per heavy atom. The average Bonchev–Trinajstić information content (AvgIpc) is 3.15. The number of ether oxygens (including phenoxy) is 3. The molecule has 1 fully saturated rings. The van der Waals surface area contributed by atoms with E-state index in [0.29, 0.717) is 36.5 Å². The largest absolute Gasteiger partial charge is 0.493 e. The molecule has 206 valence electrons. The van der Waals surface area contributed by atoms with Crippen LogP contribution in [0.2, 0.25) is 5.02 Å². The second kappa shape index (κ2) is 13.9. The number of rotatable bonds is 12. The highest BCUT2D eigenvalue weighted by molar-refractivity contribution is 8.18. The number of nitrogens with zero attached hydrogens (tertiary/aromatic N) is 1. The van der Waals surface area contributed by atoms with Gasteiger partial charge in [-0.2, -0.15) is 0 Å². The van der Waals surface area contributed by atoms with Crippen molar-refractivity contribution in [2.75, 3.05) is 32.2 Å². The molecule has 1 aliphatic rings. The molecule has 0 radical (unpaired) electrons. The summed E-state index contributed by atoms with van der Waals surface area (Å²) in [6.45, 7) is 7.62. The first-order chi connectivity index (χ1) is 18.7. The highest BCUT2D eigenvalue weighted by Crippen LogP contribution is 2.37. The minimum atomic E-state index is -0.620. The van der Waals surface area contributed by atoms with Gasteiger partial charge in [-0.25, -0.2) is 4.79 Å². The number of allylic oxidation sites excluding steroid dienone is 1. The molecule has 0 atom stereocenters. The molecule has 3 rings (SSSR count). The quantitative estimate of drug-likeness (QED) is 0.195. The Morgan fingerprint density at radius 3 is 2.62 bits per heavy atom. The third-order valence-electron chi connectivity index (χ3n) is 5.40. The number of halogens is 1. The standard InChI is InChI=1S/C28H29ClN2O7S/c1-5-8-18-12-17(13-22(37-7-3)25(18)36-4)14-23-26(33)31(28(35)39-23)16-24(32)30-19-9-10-21(29)20(15-19)27(34)38-11-6-2/h5,9-10,12-15H,1,6-8,11,16H2,2-4H3,(H,30,32)/b23-14+. The van der Waals surface area contributed by atoms with Crippen LogP contribution in [-0.2, 0) is 20.7 Å². The zero-order valence-corrected chi connectivity index (χ0v) is 23.4. The SMILES string of the molecule is C=CCc1cc(/C=C2/SC(=O)N(CC(=O)Nc3ccc(Cl)c(C(=O)OCCC)c3)C2=O)cc(OCC)c1OC. The Bertz CT molecular complexity index is 1330. The van der Waals surface area contributed by atoms with Crippen LogP contribution in [0.1, 0.15) is 41.8 Å². The summed E-state index contributed by atoms with van der Waals surface area (Å²) in [7, 11) is 1.55. The average molecular weight is 573 g/mol.